The van der Waals surface area contributed by atoms with Gasteiger partial charge in [0.05, 0.1) is 11.0 Å². The highest BCUT2D eigenvalue weighted by molar-refractivity contribution is 5.78. The zero-order valence-corrected chi connectivity index (χ0v) is 13.0. The number of aryl methyl sites for hydroxylation is 1. The molecule has 0 aliphatic carbocycles. The lowest BCUT2D eigenvalue weighted by Crippen LogP contribution is -2.31. The monoisotopic (exact) mass is 314 g/mol. The van der Waals surface area contributed by atoms with Gasteiger partial charge in [0.25, 0.3) is 5.91 Å². The van der Waals surface area contributed by atoms with E-state index in [1.54, 1.807) is 19.1 Å². The Hall–Kier alpha value is -2.89. The molecular formula is C17H18N2O4. The number of hydrogen-bond donors (Lipinski definition) is 1. The van der Waals surface area contributed by atoms with Gasteiger partial charge in [-0.2, -0.15) is 0 Å². The molecule has 6 nitrogen and oxygen atoms in total. The second kappa shape index (κ2) is 7.40. The zero-order chi connectivity index (χ0) is 16.8. The van der Waals surface area contributed by atoms with Gasteiger partial charge in [0.1, 0.15) is 0 Å². The molecule has 0 spiro atoms. The van der Waals surface area contributed by atoms with E-state index in [2.05, 4.69) is 5.32 Å². The topological polar surface area (TPSA) is 81.5 Å². The van der Waals surface area contributed by atoms with Gasteiger partial charge < -0.3 is 10.1 Å². The van der Waals surface area contributed by atoms with Crippen molar-refractivity contribution in [2.45, 2.75) is 19.9 Å². The average Bonchev–Trinajstić information content (AvgIpc) is 2.53. The number of amides is 1. The van der Waals surface area contributed by atoms with Gasteiger partial charge in [-0.05, 0) is 31.0 Å². The summed E-state index contributed by atoms with van der Waals surface area (Å²) < 4.78 is 5.32. The molecule has 1 N–H and O–H groups in total. The Bertz CT molecular complexity index is 701. The van der Waals surface area contributed by atoms with Crippen molar-refractivity contribution in [1.29, 1.82) is 0 Å². The maximum Gasteiger partial charge on any atom is 0.310 e. The third-order valence-corrected chi connectivity index (χ3v) is 3.35. The minimum absolute atomic E-state index is 0.0949. The molecule has 23 heavy (non-hydrogen) atoms. The molecule has 6 heteroatoms. The number of nitro groups is 1. The van der Waals surface area contributed by atoms with Crippen molar-refractivity contribution in [1.82, 2.24) is 5.32 Å². The number of benzene rings is 2. The summed E-state index contributed by atoms with van der Waals surface area (Å²) in [4.78, 5) is 22.4. The molecule has 2 aromatic rings. The first-order valence-corrected chi connectivity index (χ1v) is 7.19. The fraction of sp³-hybridized carbons (Fsp3) is 0.235. The number of nitro benzene ring substituents is 1. The molecule has 0 saturated carbocycles. The first kappa shape index (κ1) is 16.5. The highest BCUT2D eigenvalue weighted by Gasteiger charge is 2.17. The van der Waals surface area contributed by atoms with E-state index in [1.807, 2.05) is 37.3 Å². The molecule has 120 valence electrons. The van der Waals surface area contributed by atoms with E-state index in [4.69, 9.17) is 4.74 Å². The quantitative estimate of drug-likeness (QED) is 0.656. The van der Waals surface area contributed by atoms with Crippen molar-refractivity contribution in [3.8, 4) is 5.75 Å². The Kier molecular flexibility index (Phi) is 5.30. The van der Waals surface area contributed by atoms with E-state index in [1.165, 1.54) is 6.07 Å². The molecule has 0 heterocycles. The van der Waals surface area contributed by atoms with Gasteiger partial charge in [0.15, 0.2) is 12.4 Å². The van der Waals surface area contributed by atoms with Crippen molar-refractivity contribution in [2.24, 2.45) is 0 Å². The lowest BCUT2D eigenvalue weighted by molar-refractivity contribution is -0.385. The standard InChI is InChI=1S/C17H18N2O4/c1-12-8-9-15(19(21)22)16(10-12)23-11-17(20)18-13(2)14-6-4-3-5-7-14/h3-10,13H,11H2,1-2H3,(H,18,20). The van der Waals surface area contributed by atoms with E-state index < -0.39 is 4.92 Å². The molecule has 0 saturated heterocycles. The van der Waals surface area contributed by atoms with Crippen LogP contribution in [0.25, 0.3) is 0 Å². The van der Waals surface area contributed by atoms with E-state index in [0.29, 0.717) is 0 Å². The number of carbonyl (C=O) groups excluding carboxylic acids is 1. The van der Waals surface area contributed by atoms with Gasteiger partial charge in [0, 0.05) is 6.07 Å². The Labute approximate surface area is 134 Å². The maximum atomic E-state index is 12.0. The van der Waals surface area contributed by atoms with Gasteiger partial charge in [-0.15, -0.1) is 0 Å². The lowest BCUT2D eigenvalue weighted by atomic mass is 10.1. The van der Waals surface area contributed by atoms with Crippen LogP contribution in [0.3, 0.4) is 0 Å². The Morgan fingerprint density at radius 2 is 1.96 bits per heavy atom. The third kappa shape index (κ3) is 4.54. The van der Waals surface area contributed by atoms with Crippen LogP contribution >= 0.6 is 0 Å². The SMILES string of the molecule is Cc1ccc([N+](=O)[O-])c(OCC(=O)NC(C)c2ccccc2)c1. The van der Waals surface area contributed by atoms with Gasteiger partial charge in [-0.3, -0.25) is 14.9 Å². The summed E-state index contributed by atoms with van der Waals surface area (Å²) in [6.07, 6.45) is 0. The van der Waals surface area contributed by atoms with Crippen LogP contribution in [0.4, 0.5) is 5.69 Å². The van der Waals surface area contributed by atoms with Crippen LogP contribution in [0.5, 0.6) is 5.75 Å². The largest absolute Gasteiger partial charge is 0.477 e. The van der Waals surface area contributed by atoms with Crippen molar-refractivity contribution in [3.05, 3.63) is 69.8 Å². The second-order valence-corrected chi connectivity index (χ2v) is 5.22. The van der Waals surface area contributed by atoms with Gasteiger partial charge in [-0.1, -0.05) is 36.4 Å². The highest BCUT2D eigenvalue weighted by atomic mass is 16.6. The number of rotatable bonds is 6. The normalized spacial score (nSPS) is 11.6. The van der Waals surface area contributed by atoms with E-state index >= 15 is 0 Å². The van der Waals surface area contributed by atoms with E-state index in [0.717, 1.165) is 11.1 Å². The summed E-state index contributed by atoms with van der Waals surface area (Å²) in [6, 6.07) is 13.9. The molecule has 0 fully saturated rings. The zero-order valence-electron chi connectivity index (χ0n) is 13.0. The van der Waals surface area contributed by atoms with Crippen LogP contribution in [0.15, 0.2) is 48.5 Å². The number of carbonyl (C=O) groups is 1. The van der Waals surface area contributed by atoms with Gasteiger partial charge in [-0.25, -0.2) is 0 Å². The fourth-order valence-corrected chi connectivity index (χ4v) is 2.14. The molecule has 1 atom stereocenters. The Morgan fingerprint density at radius 1 is 1.26 bits per heavy atom. The van der Waals surface area contributed by atoms with Crippen LogP contribution < -0.4 is 10.1 Å². The molecule has 1 amide bonds. The summed E-state index contributed by atoms with van der Waals surface area (Å²) in [7, 11) is 0. The molecule has 0 radical (unpaired) electrons. The Balaban J connectivity index is 1.97. The van der Waals surface area contributed by atoms with Crippen LogP contribution in [-0.4, -0.2) is 17.4 Å². The molecule has 2 aromatic carbocycles. The predicted octanol–water partition coefficient (Wildman–Crippen LogP) is 3.16. The predicted molar refractivity (Wildman–Crippen MR) is 86.3 cm³/mol. The molecule has 1 unspecified atom stereocenters. The van der Waals surface area contributed by atoms with Crippen molar-refractivity contribution < 1.29 is 14.5 Å². The summed E-state index contributed by atoms with van der Waals surface area (Å²) in [5.41, 5.74) is 1.64. The maximum absolute atomic E-state index is 12.0. The first-order chi connectivity index (χ1) is 11.0. The first-order valence-electron chi connectivity index (χ1n) is 7.19. The van der Waals surface area contributed by atoms with Crippen LogP contribution in [-0.2, 0) is 4.79 Å². The number of nitrogens with one attached hydrogen (secondary N) is 1. The number of hydrogen-bond acceptors (Lipinski definition) is 4. The molecule has 2 rings (SSSR count). The molecular weight excluding hydrogens is 296 g/mol. The third-order valence-electron chi connectivity index (χ3n) is 3.35. The lowest BCUT2D eigenvalue weighted by Gasteiger charge is -2.14. The molecule has 0 aromatic heterocycles. The summed E-state index contributed by atoms with van der Waals surface area (Å²) in [5, 5.41) is 13.8. The Morgan fingerprint density at radius 3 is 2.61 bits per heavy atom. The van der Waals surface area contributed by atoms with Crippen molar-refractivity contribution in [2.75, 3.05) is 6.61 Å². The minimum atomic E-state index is -0.529. The van der Waals surface area contributed by atoms with Crippen molar-refractivity contribution in [3.63, 3.8) is 0 Å². The number of nitrogens with zero attached hydrogens (tertiary/aromatic N) is 1. The van der Waals surface area contributed by atoms with Gasteiger partial charge >= 0.3 is 5.69 Å². The average molecular weight is 314 g/mol. The van der Waals surface area contributed by atoms with Crippen LogP contribution in [0, 0.1) is 17.0 Å². The van der Waals surface area contributed by atoms with Crippen LogP contribution in [0.2, 0.25) is 0 Å². The van der Waals surface area contributed by atoms with E-state index in [-0.39, 0.29) is 30.0 Å². The number of ether oxygens (including phenoxy) is 1. The summed E-state index contributed by atoms with van der Waals surface area (Å²) >= 11 is 0. The summed E-state index contributed by atoms with van der Waals surface area (Å²) in [6.45, 7) is 3.39. The molecule has 0 aliphatic heterocycles. The smallest absolute Gasteiger partial charge is 0.310 e. The minimum Gasteiger partial charge on any atom is -0.477 e. The van der Waals surface area contributed by atoms with Gasteiger partial charge in [0.2, 0.25) is 0 Å². The highest BCUT2D eigenvalue weighted by Crippen LogP contribution is 2.27. The summed E-state index contributed by atoms with van der Waals surface area (Å²) in [5.74, 6) is -0.241. The second-order valence-electron chi connectivity index (χ2n) is 5.22. The molecule has 0 aliphatic rings. The van der Waals surface area contributed by atoms with Crippen molar-refractivity contribution >= 4 is 11.6 Å². The van der Waals surface area contributed by atoms with E-state index in [9.17, 15) is 14.9 Å². The fourth-order valence-electron chi connectivity index (χ4n) is 2.14. The van der Waals surface area contributed by atoms with Crippen LogP contribution in [0.1, 0.15) is 24.1 Å². The molecule has 0 bridgehead atoms.